The topological polar surface area (TPSA) is 40.5 Å². The minimum Gasteiger partial charge on any atom is -0.390 e. The fourth-order valence-corrected chi connectivity index (χ4v) is 6.22. The number of hydrogen-bond acceptors (Lipinski definition) is 2. The Kier molecular flexibility index (Phi) is 5.20. The fourth-order valence-electron chi connectivity index (χ4n) is 5.67. The second kappa shape index (κ2) is 6.14. The van der Waals surface area contributed by atoms with Crippen molar-refractivity contribution in [3.8, 4) is 0 Å². The molecular formula is C20H35BrO2. The summed E-state index contributed by atoms with van der Waals surface area (Å²) in [5.41, 5.74) is -1.12. The number of rotatable bonds is 4. The fraction of sp³-hybridized carbons (Fsp3) is 0.900. The van der Waals surface area contributed by atoms with Gasteiger partial charge in [0.15, 0.2) is 0 Å². The zero-order valence-corrected chi connectivity index (χ0v) is 17.1. The summed E-state index contributed by atoms with van der Waals surface area (Å²) in [6.45, 7) is 14.7. The Morgan fingerprint density at radius 2 is 1.83 bits per heavy atom. The summed E-state index contributed by atoms with van der Waals surface area (Å²) >= 11 is 3.91. The maximum atomic E-state index is 11.1. The molecule has 2 aliphatic rings. The van der Waals surface area contributed by atoms with Gasteiger partial charge < -0.3 is 10.2 Å². The van der Waals surface area contributed by atoms with Gasteiger partial charge in [-0.1, -0.05) is 42.8 Å². The van der Waals surface area contributed by atoms with E-state index in [1.54, 1.807) is 6.08 Å². The summed E-state index contributed by atoms with van der Waals surface area (Å²) in [7, 11) is 0. The molecule has 0 aromatic rings. The SMILES string of the molecule is C=CC(C)(O)CC[C@H]1[C@]2(C)CC[C@@H](Br)C(C)(C)[C@H]2CC[C@@]1(C)O. The van der Waals surface area contributed by atoms with E-state index in [4.69, 9.17) is 0 Å². The smallest absolute Gasteiger partial charge is 0.0797 e. The Morgan fingerprint density at radius 1 is 1.22 bits per heavy atom. The molecule has 2 aliphatic carbocycles. The van der Waals surface area contributed by atoms with Crippen molar-refractivity contribution < 1.29 is 10.2 Å². The van der Waals surface area contributed by atoms with Crippen LogP contribution in [0.3, 0.4) is 0 Å². The maximum Gasteiger partial charge on any atom is 0.0797 e. The normalized spacial score (nSPS) is 45.8. The molecule has 0 bridgehead atoms. The highest BCUT2D eigenvalue weighted by Crippen LogP contribution is 2.64. The highest BCUT2D eigenvalue weighted by molar-refractivity contribution is 9.09. The Balaban J connectivity index is 2.31. The minimum atomic E-state index is -0.846. The third-order valence-electron chi connectivity index (χ3n) is 7.30. The van der Waals surface area contributed by atoms with Crippen molar-refractivity contribution in [2.75, 3.05) is 0 Å². The molecule has 2 nitrogen and oxygen atoms in total. The molecule has 0 saturated heterocycles. The van der Waals surface area contributed by atoms with Crippen LogP contribution in [-0.2, 0) is 0 Å². The molecule has 0 amide bonds. The van der Waals surface area contributed by atoms with Gasteiger partial charge in [-0.25, -0.2) is 0 Å². The zero-order valence-electron chi connectivity index (χ0n) is 15.5. The van der Waals surface area contributed by atoms with Crippen LogP contribution in [0.15, 0.2) is 12.7 Å². The largest absolute Gasteiger partial charge is 0.390 e. The number of hydrogen-bond donors (Lipinski definition) is 2. The van der Waals surface area contributed by atoms with Crippen molar-refractivity contribution in [1.29, 1.82) is 0 Å². The van der Waals surface area contributed by atoms with Crippen molar-refractivity contribution in [2.24, 2.45) is 22.7 Å². The van der Waals surface area contributed by atoms with E-state index in [1.165, 1.54) is 0 Å². The van der Waals surface area contributed by atoms with Gasteiger partial charge in [0.05, 0.1) is 11.2 Å². The van der Waals surface area contributed by atoms with Gasteiger partial charge in [0.25, 0.3) is 0 Å². The van der Waals surface area contributed by atoms with Crippen LogP contribution in [0.5, 0.6) is 0 Å². The van der Waals surface area contributed by atoms with Gasteiger partial charge in [0.1, 0.15) is 0 Å². The molecule has 0 aliphatic heterocycles. The number of aliphatic hydroxyl groups is 2. The summed E-state index contributed by atoms with van der Waals surface area (Å²) in [6.07, 6.45) is 7.40. The van der Waals surface area contributed by atoms with Gasteiger partial charge in [0.2, 0.25) is 0 Å². The molecule has 23 heavy (non-hydrogen) atoms. The van der Waals surface area contributed by atoms with Crippen molar-refractivity contribution in [3.63, 3.8) is 0 Å². The van der Waals surface area contributed by atoms with Crippen molar-refractivity contribution >= 4 is 15.9 Å². The molecule has 2 fully saturated rings. The van der Waals surface area contributed by atoms with E-state index in [1.807, 2.05) is 13.8 Å². The molecule has 0 heterocycles. The highest BCUT2D eigenvalue weighted by atomic mass is 79.9. The molecule has 2 N–H and O–H groups in total. The van der Waals surface area contributed by atoms with Crippen LogP contribution in [0.4, 0.5) is 0 Å². The molecule has 2 rings (SSSR count). The van der Waals surface area contributed by atoms with Crippen molar-refractivity contribution in [1.82, 2.24) is 0 Å². The summed E-state index contributed by atoms with van der Waals surface area (Å²) in [4.78, 5) is 0.549. The third kappa shape index (κ3) is 3.43. The van der Waals surface area contributed by atoms with E-state index in [9.17, 15) is 10.2 Å². The zero-order chi connectivity index (χ0) is 17.7. The first-order valence-electron chi connectivity index (χ1n) is 9.09. The average Bonchev–Trinajstić information content (AvgIpc) is 2.42. The van der Waals surface area contributed by atoms with Gasteiger partial charge in [-0.2, -0.15) is 0 Å². The molecule has 134 valence electrons. The molecule has 0 aromatic heterocycles. The lowest BCUT2D eigenvalue weighted by Gasteiger charge is -2.62. The van der Waals surface area contributed by atoms with E-state index in [0.717, 1.165) is 32.1 Å². The van der Waals surface area contributed by atoms with Crippen LogP contribution >= 0.6 is 15.9 Å². The van der Waals surface area contributed by atoms with Gasteiger partial charge in [-0.15, -0.1) is 6.58 Å². The first-order valence-corrected chi connectivity index (χ1v) is 10.0. The second-order valence-corrected chi connectivity index (χ2v) is 10.5. The molecule has 0 spiro atoms. The first-order chi connectivity index (χ1) is 10.4. The monoisotopic (exact) mass is 386 g/mol. The lowest BCUT2D eigenvalue weighted by molar-refractivity contribution is -0.169. The molecule has 0 aromatic carbocycles. The summed E-state index contributed by atoms with van der Waals surface area (Å²) in [5.74, 6) is 0.825. The molecule has 6 atom stereocenters. The summed E-state index contributed by atoms with van der Waals surface area (Å²) in [5, 5.41) is 21.5. The van der Waals surface area contributed by atoms with E-state index >= 15 is 0 Å². The Hall–Kier alpha value is 0.140. The Morgan fingerprint density at radius 3 is 2.39 bits per heavy atom. The molecule has 2 saturated carbocycles. The highest BCUT2D eigenvalue weighted by Gasteiger charge is 2.59. The Bertz CT molecular complexity index is 455. The van der Waals surface area contributed by atoms with Crippen LogP contribution in [0.2, 0.25) is 0 Å². The second-order valence-electron chi connectivity index (χ2n) is 9.43. The van der Waals surface area contributed by atoms with Gasteiger partial charge >= 0.3 is 0 Å². The van der Waals surface area contributed by atoms with Crippen LogP contribution in [-0.4, -0.2) is 26.2 Å². The van der Waals surface area contributed by atoms with Crippen molar-refractivity contribution in [3.05, 3.63) is 12.7 Å². The molecular weight excluding hydrogens is 352 g/mol. The van der Waals surface area contributed by atoms with Gasteiger partial charge in [-0.05, 0) is 75.0 Å². The number of fused-ring (bicyclic) bond motifs is 1. The van der Waals surface area contributed by atoms with E-state index in [-0.39, 0.29) is 16.7 Å². The van der Waals surface area contributed by atoms with Crippen LogP contribution < -0.4 is 0 Å². The van der Waals surface area contributed by atoms with Crippen LogP contribution in [0.1, 0.15) is 73.1 Å². The lowest BCUT2D eigenvalue weighted by Crippen LogP contribution is -2.59. The lowest BCUT2D eigenvalue weighted by atomic mass is 9.45. The minimum absolute atomic E-state index is 0.132. The van der Waals surface area contributed by atoms with Crippen LogP contribution in [0, 0.1) is 22.7 Å². The average molecular weight is 387 g/mol. The molecule has 0 radical (unpaired) electrons. The number of alkyl halides is 1. The predicted molar refractivity (Wildman–Crippen MR) is 101 cm³/mol. The number of halogens is 1. The predicted octanol–water partition coefficient (Wildman–Crippen LogP) is 5.07. The van der Waals surface area contributed by atoms with E-state index < -0.39 is 11.2 Å². The maximum absolute atomic E-state index is 11.1. The summed E-state index contributed by atoms with van der Waals surface area (Å²) in [6, 6.07) is 0. The molecule has 3 heteroatoms. The summed E-state index contributed by atoms with van der Waals surface area (Å²) < 4.78 is 0. The first kappa shape index (κ1) is 19.5. The Labute approximate surface area is 150 Å². The van der Waals surface area contributed by atoms with Gasteiger partial charge in [-0.3, -0.25) is 0 Å². The quantitative estimate of drug-likeness (QED) is 0.522. The van der Waals surface area contributed by atoms with E-state index in [2.05, 4.69) is 43.3 Å². The third-order valence-corrected chi connectivity index (χ3v) is 8.94. The van der Waals surface area contributed by atoms with E-state index in [0.29, 0.717) is 17.2 Å². The molecule has 1 unspecified atom stereocenters. The van der Waals surface area contributed by atoms with Gasteiger partial charge in [0, 0.05) is 4.83 Å². The van der Waals surface area contributed by atoms with Crippen LogP contribution in [0.25, 0.3) is 0 Å². The standard InChI is InChI=1S/C20H35BrO2/c1-7-18(4,22)11-8-15-19(5)12-10-16(21)17(2,3)14(19)9-13-20(15,6)23/h7,14-16,22-23H,1,8-13H2,2-6H3/t14-,15+,16-,18?,19-,20-/m1/s1. The van der Waals surface area contributed by atoms with Crippen molar-refractivity contribution in [2.45, 2.75) is 89.2 Å².